The summed E-state index contributed by atoms with van der Waals surface area (Å²) in [6.07, 6.45) is 4.26. The molecule has 2 heterocycles. The van der Waals surface area contributed by atoms with Gasteiger partial charge in [-0.3, -0.25) is 14.6 Å². The van der Waals surface area contributed by atoms with E-state index in [1.54, 1.807) is 13.0 Å². The maximum absolute atomic E-state index is 12.7. The average molecular weight is 474 g/mol. The summed E-state index contributed by atoms with van der Waals surface area (Å²) in [5, 5.41) is 2.98. The molecular formula is C24H31N3O5S. The van der Waals surface area contributed by atoms with Gasteiger partial charge in [-0.05, 0) is 43.9 Å². The molecule has 0 radical (unpaired) electrons. The van der Waals surface area contributed by atoms with Crippen molar-refractivity contribution in [1.29, 1.82) is 0 Å². The van der Waals surface area contributed by atoms with E-state index in [0.717, 1.165) is 18.4 Å². The highest BCUT2D eigenvalue weighted by molar-refractivity contribution is 7.89. The van der Waals surface area contributed by atoms with Crippen molar-refractivity contribution in [3.63, 3.8) is 0 Å². The molecule has 3 rings (SSSR count). The third-order valence-electron chi connectivity index (χ3n) is 5.82. The van der Waals surface area contributed by atoms with Gasteiger partial charge in [0.25, 0.3) is 5.91 Å². The molecular weight excluding hydrogens is 442 g/mol. The molecule has 1 aromatic carbocycles. The summed E-state index contributed by atoms with van der Waals surface area (Å²) >= 11 is 0. The van der Waals surface area contributed by atoms with E-state index in [4.69, 9.17) is 4.74 Å². The van der Waals surface area contributed by atoms with Crippen LogP contribution in [0.2, 0.25) is 0 Å². The first-order chi connectivity index (χ1) is 15.8. The van der Waals surface area contributed by atoms with Crippen LogP contribution in [0.15, 0.2) is 59.8 Å². The zero-order valence-electron chi connectivity index (χ0n) is 19.0. The van der Waals surface area contributed by atoms with Gasteiger partial charge in [-0.2, -0.15) is 4.31 Å². The van der Waals surface area contributed by atoms with Crippen molar-refractivity contribution in [1.82, 2.24) is 14.6 Å². The number of nitrogens with one attached hydrogen (secondary N) is 1. The van der Waals surface area contributed by atoms with Crippen LogP contribution in [-0.4, -0.2) is 48.8 Å². The molecule has 2 aromatic rings. The maximum Gasteiger partial charge on any atom is 0.309 e. The second-order valence-corrected chi connectivity index (χ2v) is 10.1. The predicted molar refractivity (Wildman–Crippen MR) is 124 cm³/mol. The molecule has 1 fully saturated rings. The van der Waals surface area contributed by atoms with Gasteiger partial charge in [0.2, 0.25) is 10.0 Å². The number of esters is 1. The van der Waals surface area contributed by atoms with Crippen LogP contribution >= 0.6 is 0 Å². The van der Waals surface area contributed by atoms with Gasteiger partial charge in [0.1, 0.15) is 4.90 Å². The van der Waals surface area contributed by atoms with Crippen LogP contribution in [0.5, 0.6) is 0 Å². The Kier molecular flexibility index (Phi) is 8.57. The summed E-state index contributed by atoms with van der Waals surface area (Å²) in [6, 6.07) is 12.6. The van der Waals surface area contributed by atoms with Crippen LogP contribution in [0.25, 0.3) is 0 Å². The number of pyridine rings is 1. The largest absolute Gasteiger partial charge is 0.452 e. The zero-order chi connectivity index (χ0) is 23.8. The van der Waals surface area contributed by atoms with Crippen molar-refractivity contribution >= 4 is 21.9 Å². The van der Waals surface area contributed by atoms with Gasteiger partial charge >= 0.3 is 5.97 Å². The average Bonchev–Trinajstić information content (AvgIpc) is 2.84. The Labute approximate surface area is 195 Å². The molecule has 178 valence electrons. The van der Waals surface area contributed by atoms with E-state index < -0.39 is 28.0 Å². The van der Waals surface area contributed by atoms with Crippen LogP contribution in [-0.2, 0) is 24.3 Å². The number of carbonyl (C=O) groups is 2. The minimum absolute atomic E-state index is 0.136. The molecule has 33 heavy (non-hydrogen) atoms. The Hall–Kier alpha value is -2.78. The van der Waals surface area contributed by atoms with Gasteiger partial charge in [0.15, 0.2) is 6.10 Å². The Morgan fingerprint density at radius 1 is 1.15 bits per heavy atom. The fourth-order valence-corrected chi connectivity index (χ4v) is 5.32. The van der Waals surface area contributed by atoms with E-state index in [2.05, 4.69) is 10.3 Å². The topological polar surface area (TPSA) is 106 Å². The molecule has 0 bridgehead atoms. The lowest BCUT2D eigenvalue weighted by Crippen LogP contribution is -2.43. The standard InChI is InChI=1S/C24H31N3O5S/c1-3-8-22(19-9-5-4-6-10-19)26-23(28)18(2)32-24(29)20-12-15-27(16-13-20)33(30,31)21-11-7-14-25-17-21/h4-7,9-11,14,17-18,20,22H,3,8,12-13,15-16H2,1-2H3,(H,26,28). The molecule has 0 saturated carbocycles. The van der Waals surface area contributed by atoms with E-state index in [0.29, 0.717) is 12.8 Å². The summed E-state index contributed by atoms with van der Waals surface area (Å²) in [6.45, 7) is 4.03. The fourth-order valence-electron chi connectivity index (χ4n) is 3.89. The number of ether oxygens (including phenoxy) is 1. The molecule has 1 saturated heterocycles. The molecule has 0 spiro atoms. The van der Waals surface area contributed by atoms with Gasteiger partial charge in [-0.15, -0.1) is 0 Å². The molecule has 8 nitrogen and oxygen atoms in total. The van der Waals surface area contributed by atoms with Crippen molar-refractivity contribution < 1.29 is 22.7 Å². The van der Waals surface area contributed by atoms with Gasteiger partial charge in [-0.25, -0.2) is 8.42 Å². The van der Waals surface area contributed by atoms with Crippen molar-refractivity contribution in [3.8, 4) is 0 Å². The molecule has 1 aliphatic heterocycles. The molecule has 1 amide bonds. The first-order valence-corrected chi connectivity index (χ1v) is 12.7. The van der Waals surface area contributed by atoms with Crippen molar-refractivity contribution in [2.24, 2.45) is 5.92 Å². The second-order valence-electron chi connectivity index (χ2n) is 8.21. The second kappa shape index (κ2) is 11.4. The number of piperidine rings is 1. The van der Waals surface area contributed by atoms with E-state index >= 15 is 0 Å². The van der Waals surface area contributed by atoms with Crippen LogP contribution in [0.1, 0.15) is 51.1 Å². The van der Waals surface area contributed by atoms with Gasteiger partial charge < -0.3 is 10.1 Å². The molecule has 2 unspecified atom stereocenters. The predicted octanol–water partition coefficient (Wildman–Crippen LogP) is 3.07. The Morgan fingerprint density at radius 2 is 1.85 bits per heavy atom. The number of nitrogens with zero attached hydrogens (tertiary/aromatic N) is 2. The first kappa shape index (κ1) is 24.9. The van der Waals surface area contributed by atoms with Crippen LogP contribution in [0.3, 0.4) is 0 Å². The number of hydrogen-bond acceptors (Lipinski definition) is 6. The fraction of sp³-hybridized carbons (Fsp3) is 0.458. The van der Waals surface area contributed by atoms with Crippen molar-refractivity contribution in [3.05, 3.63) is 60.4 Å². The van der Waals surface area contributed by atoms with Crippen molar-refractivity contribution in [2.45, 2.75) is 56.6 Å². The quantitative estimate of drug-likeness (QED) is 0.561. The number of aromatic nitrogens is 1. The third-order valence-corrected chi connectivity index (χ3v) is 7.70. The summed E-state index contributed by atoms with van der Waals surface area (Å²) in [5.74, 6) is -1.26. The van der Waals surface area contributed by atoms with E-state index in [9.17, 15) is 18.0 Å². The highest BCUT2D eigenvalue weighted by atomic mass is 32.2. The van der Waals surface area contributed by atoms with Crippen molar-refractivity contribution in [2.75, 3.05) is 13.1 Å². The summed E-state index contributed by atoms with van der Waals surface area (Å²) < 4.78 is 32.2. The SMILES string of the molecule is CCCC(NC(=O)C(C)OC(=O)C1CCN(S(=O)(=O)c2cccnc2)CC1)c1ccccc1. The lowest BCUT2D eigenvalue weighted by molar-refractivity contribution is -0.160. The summed E-state index contributed by atoms with van der Waals surface area (Å²) in [7, 11) is -3.64. The number of benzene rings is 1. The summed E-state index contributed by atoms with van der Waals surface area (Å²) in [5.41, 5.74) is 1.01. The molecule has 1 N–H and O–H groups in total. The Morgan fingerprint density at radius 3 is 2.45 bits per heavy atom. The number of sulfonamides is 1. The Bertz CT molecular complexity index is 1020. The van der Waals surface area contributed by atoms with E-state index in [-0.39, 0.29) is 29.9 Å². The highest BCUT2D eigenvalue weighted by Gasteiger charge is 2.34. The third kappa shape index (κ3) is 6.39. The summed E-state index contributed by atoms with van der Waals surface area (Å²) in [4.78, 5) is 29.3. The minimum atomic E-state index is -3.64. The van der Waals surface area contributed by atoms with Gasteiger partial charge in [0, 0.05) is 25.5 Å². The lowest BCUT2D eigenvalue weighted by atomic mass is 9.98. The lowest BCUT2D eigenvalue weighted by Gasteiger charge is -2.30. The number of rotatable bonds is 9. The normalized spacial score (nSPS) is 17.2. The molecule has 0 aliphatic carbocycles. The number of amides is 1. The highest BCUT2D eigenvalue weighted by Crippen LogP contribution is 2.25. The van der Waals surface area contributed by atoms with E-state index in [1.807, 2.05) is 37.3 Å². The molecule has 1 aliphatic rings. The van der Waals surface area contributed by atoms with Gasteiger partial charge in [-0.1, -0.05) is 43.7 Å². The monoisotopic (exact) mass is 473 g/mol. The Balaban J connectivity index is 1.52. The molecule has 2 atom stereocenters. The van der Waals surface area contributed by atoms with Gasteiger partial charge in [0.05, 0.1) is 12.0 Å². The first-order valence-electron chi connectivity index (χ1n) is 11.3. The van der Waals surface area contributed by atoms with Crippen LogP contribution in [0.4, 0.5) is 0 Å². The zero-order valence-corrected chi connectivity index (χ0v) is 19.8. The van der Waals surface area contributed by atoms with E-state index in [1.165, 1.54) is 22.8 Å². The minimum Gasteiger partial charge on any atom is -0.452 e. The molecule has 1 aromatic heterocycles. The maximum atomic E-state index is 12.7. The smallest absolute Gasteiger partial charge is 0.309 e. The number of carbonyl (C=O) groups excluding carboxylic acids is 2. The van der Waals surface area contributed by atoms with Crippen LogP contribution in [0, 0.1) is 5.92 Å². The number of hydrogen-bond donors (Lipinski definition) is 1. The van der Waals surface area contributed by atoms with Crippen LogP contribution < -0.4 is 5.32 Å². The molecule has 9 heteroatoms.